The lowest BCUT2D eigenvalue weighted by molar-refractivity contribution is 0.955. The van der Waals surface area contributed by atoms with Gasteiger partial charge in [-0.3, -0.25) is 0 Å². The topological polar surface area (TPSA) is 0 Å². The average molecular weight is 371 g/mol. The Kier molecular flexibility index (Phi) is 4.68. The summed E-state index contributed by atoms with van der Waals surface area (Å²) in [6, 6.07) is 9.48. The lowest BCUT2D eigenvalue weighted by Gasteiger charge is -2.19. The molecule has 0 aliphatic heterocycles. The molecule has 0 aromatic heterocycles. The van der Waals surface area contributed by atoms with E-state index in [-0.39, 0.29) is 0 Å². The molecule has 2 aromatic carbocycles. The Labute approximate surface area is 165 Å². The number of benzene rings is 2. The zero-order valence-electron chi connectivity index (χ0n) is 17.5. The number of hydrogen-bond acceptors (Lipinski definition) is 0. The van der Waals surface area contributed by atoms with E-state index in [1.54, 1.807) is 4.81 Å². The van der Waals surface area contributed by atoms with E-state index in [0.717, 1.165) is 17.5 Å². The molecule has 0 heterocycles. The predicted octanol–water partition coefficient (Wildman–Crippen LogP) is 6.60. The average Bonchev–Trinajstić information content (AvgIpc) is 3.22. The second-order valence-electron chi connectivity index (χ2n) is 8.71. The van der Waals surface area contributed by atoms with Gasteiger partial charge >= 0.3 is 0 Å². The first kappa shape index (κ1) is 18.4. The summed E-state index contributed by atoms with van der Waals surface area (Å²) in [6.45, 7) is 14.2. The molecule has 0 amide bonds. The molecule has 0 N–H and O–H groups in total. The van der Waals surface area contributed by atoms with Crippen molar-refractivity contribution in [2.75, 3.05) is 0 Å². The summed E-state index contributed by atoms with van der Waals surface area (Å²) in [7, 11) is -0.629. The van der Waals surface area contributed by atoms with Gasteiger partial charge in [-0.05, 0) is 80.9 Å². The van der Waals surface area contributed by atoms with E-state index >= 15 is 0 Å². The van der Waals surface area contributed by atoms with E-state index in [4.69, 9.17) is 0 Å². The smallest absolute Gasteiger partial charge is 0.0251 e. The van der Waals surface area contributed by atoms with Crippen LogP contribution in [0.25, 0.3) is 22.8 Å². The molecule has 2 aliphatic carbocycles. The van der Waals surface area contributed by atoms with Gasteiger partial charge in [-0.1, -0.05) is 75.8 Å². The van der Waals surface area contributed by atoms with Crippen LogP contribution in [-0.2, 0) is 0 Å². The number of fused-ring (bicyclic) bond motifs is 3. The fraction of sp³-hybridized carbons (Fsp3) is 0.346. The van der Waals surface area contributed by atoms with Crippen LogP contribution in [0, 0.1) is 18.7 Å². The summed E-state index contributed by atoms with van der Waals surface area (Å²) < 4.78 is 0. The van der Waals surface area contributed by atoms with Gasteiger partial charge in [0.1, 0.15) is 0 Å². The normalized spacial score (nSPS) is 14.4. The molecule has 0 fully saturated rings. The van der Waals surface area contributed by atoms with Gasteiger partial charge in [-0.25, -0.2) is 0 Å². The van der Waals surface area contributed by atoms with Crippen LogP contribution in [-0.4, -0.2) is 8.41 Å². The molecular weight excluding hydrogens is 340 g/mol. The highest BCUT2D eigenvalue weighted by Crippen LogP contribution is 2.34. The Hall–Kier alpha value is -1.99. The lowest BCUT2D eigenvalue weighted by Crippen LogP contribution is -2.18. The van der Waals surface area contributed by atoms with Crippen molar-refractivity contribution in [2.45, 2.75) is 59.0 Å². The quantitative estimate of drug-likeness (QED) is 0.455. The minimum atomic E-state index is -0.629. The molecule has 27 heavy (non-hydrogen) atoms. The molecule has 0 radical (unpaired) electrons. The van der Waals surface area contributed by atoms with Crippen LogP contribution in [0.5, 0.6) is 0 Å². The summed E-state index contributed by atoms with van der Waals surface area (Å²) >= 11 is 0. The molecule has 138 valence electrons. The summed E-state index contributed by atoms with van der Waals surface area (Å²) in [5.41, 5.74) is 11.6. The Bertz CT molecular complexity index is 1100. The van der Waals surface area contributed by atoms with Crippen molar-refractivity contribution in [2.24, 2.45) is 0 Å². The predicted molar refractivity (Wildman–Crippen MR) is 121 cm³/mol. The molecule has 2 aliphatic rings. The third-order valence-electron chi connectivity index (χ3n) is 6.07. The van der Waals surface area contributed by atoms with Crippen molar-refractivity contribution < 1.29 is 0 Å². The van der Waals surface area contributed by atoms with Gasteiger partial charge in [-0.15, -0.1) is 0 Å². The zero-order chi connectivity index (χ0) is 19.3. The largest absolute Gasteiger partial charge is 0.0801 e. The second-order valence-corrected chi connectivity index (χ2v) is 12.5. The molecular formula is C26H30Si. The van der Waals surface area contributed by atoms with Gasteiger partial charge in [-0.2, -0.15) is 0 Å². The van der Waals surface area contributed by atoms with Gasteiger partial charge < -0.3 is 0 Å². The Morgan fingerprint density at radius 2 is 1.67 bits per heavy atom. The zero-order valence-corrected chi connectivity index (χ0v) is 18.5. The molecule has 0 unspecified atom stereocenters. The van der Waals surface area contributed by atoms with Gasteiger partial charge in [0.15, 0.2) is 0 Å². The van der Waals surface area contributed by atoms with Crippen molar-refractivity contribution >= 4 is 20.1 Å². The van der Waals surface area contributed by atoms with E-state index in [2.05, 4.69) is 90.1 Å². The molecule has 0 saturated carbocycles. The van der Waals surface area contributed by atoms with Crippen molar-refractivity contribution in [3.05, 3.63) is 74.8 Å². The van der Waals surface area contributed by atoms with Gasteiger partial charge in [0.2, 0.25) is 0 Å². The molecule has 0 bridgehead atoms. The number of allylic oxidation sites excluding steroid dienone is 4. The van der Waals surface area contributed by atoms with Gasteiger partial charge in [0.25, 0.3) is 0 Å². The van der Waals surface area contributed by atoms with E-state index in [0.29, 0.717) is 0 Å². The highest BCUT2D eigenvalue weighted by atomic mass is 28.2. The van der Waals surface area contributed by atoms with Crippen LogP contribution in [0.3, 0.4) is 0 Å². The maximum atomic E-state index is 2.56. The first-order valence-corrected chi connectivity index (χ1v) is 11.9. The maximum Gasteiger partial charge on any atom is 0.0251 e. The van der Waals surface area contributed by atoms with E-state index in [1.165, 1.54) is 44.2 Å². The fourth-order valence-corrected chi connectivity index (χ4v) is 8.46. The van der Waals surface area contributed by atoms with Gasteiger partial charge in [0, 0.05) is 8.41 Å². The molecule has 4 rings (SSSR count). The van der Waals surface area contributed by atoms with Crippen LogP contribution in [0.15, 0.2) is 42.5 Å². The van der Waals surface area contributed by atoms with E-state index < -0.39 is 8.41 Å². The fourth-order valence-electron chi connectivity index (χ4n) is 5.01. The first-order chi connectivity index (χ1) is 12.9. The number of aryl methyl sites for hydroxylation is 1. The van der Waals surface area contributed by atoms with Gasteiger partial charge in [0.05, 0.1) is 0 Å². The highest BCUT2D eigenvalue weighted by Gasteiger charge is 2.21. The third kappa shape index (κ3) is 3.02. The van der Waals surface area contributed by atoms with Crippen molar-refractivity contribution in [3.8, 4) is 11.1 Å². The highest BCUT2D eigenvalue weighted by molar-refractivity contribution is 6.53. The third-order valence-corrected chi connectivity index (χ3v) is 9.70. The maximum absolute atomic E-state index is 2.56. The van der Waals surface area contributed by atoms with E-state index in [9.17, 15) is 0 Å². The van der Waals surface area contributed by atoms with E-state index in [1.807, 2.05) is 0 Å². The molecule has 0 atom stereocenters. The molecule has 1 heteroatoms. The molecule has 0 saturated heterocycles. The van der Waals surface area contributed by atoms with Crippen molar-refractivity contribution in [1.82, 2.24) is 0 Å². The first-order valence-electron chi connectivity index (χ1n) is 10.2. The van der Waals surface area contributed by atoms with Crippen LogP contribution < -0.4 is 5.22 Å². The van der Waals surface area contributed by atoms with Crippen LogP contribution in [0.4, 0.5) is 0 Å². The lowest BCUT2D eigenvalue weighted by atomic mass is 9.94. The van der Waals surface area contributed by atoms with Crippen molar-refractivity contribution in [3.63, 3.8) is 0 Å². The summed E-state index contributed by atoms with van der Waals surface area (Å²) in [5.74, 6) is 0. The second kappa shape index (κ2) is 6.87. The summed E-state index contributed by atoms with van der Waals surface area (Å²) in [6.07, 6.45) is 10.3. The SMILES string of the molecule is Cc1ccc2c(c1)C=c1c-2cc(=[Si](C(C)C)C(C)C)c(C)c1C1=CC=CC1. The van der Waals surface area contributed by atoms with Crippen LogP contribution >= 0.6 is 0 Å². The summed E-state index contributed by atoms with van der Waals surface area (Å²) in [5, 5.41) is 1.45. The number of rotatable bonds is 3. The van der Waals surface area contributed by atoms with Crippen LogP contribution in [0.2, 0.25) is 11.1 Å². The van der Waals surface area contributed by atoms with Crippen LogP contribution in [0.1, 0.15) is 56.4 Å². The minimum Gasteiger partial charge on any atom is -0.0801 e. The Morgan fingerprint density at radius 1 is 0.926 bits per heavy atom. The molecule has 0 nitrogen and oxygen atoms in total. The van der Waals surface area contributed by atoms with Crippen molar-refractivity contribution in [1.29, 1.82) is 0 Å². The Morgan fingerprint density at radius 3 is 2.30 bits per heavy atom. The molecule has 0 spiro atoms. The number of hydrogen-bond donors (Lipinski definition) is 0. The Balaban J connectivity index is 2.15. The minimum absolute atomic E-state index is 0.629. The molecule has 2 aromatic rings. The monoisotopic (exact) mass is 370 g/mol. The standard InChI is InChI=1S/C26H30Si/c1-16(2)27(17(3)4)25-15-23-22-12-11-18(5)13-21(22)14-24(23)26(19(25)6)20-9-7-8-10-20/h7-9,11-17H,10H2,1-6H3. The summed E-state index contributed by atoms with van der Waals surface area (Å²) in [4.78, 5) is 1.65.